The van der Waals surface area contributed by atoms with Gasteiger partial charge in [-0.3, -0.25) is 9.78 Å². The van der Waals surface area contributed by atoms with Crippen LogP contribution in [0.15, 0.2) is 60.8 Å². The number of fused-ring (bicyclic) bond motifs is 1. The number of aromatic nitrogens is 1. The highest BCUT2D eigenvalue weighted by atomic mass is 16.5. The van der Waals surface area contributed by atoms with Crippen molar-refractivity contribution in [1.29, 1.82) is 0 Å². The van der Waals surface area contributed by atoms with Gasteiger partial charge in [0.1, 0.15) is 11.3 Å². The van der Waals surface area contributed by atoms with Gasteiger partial charge in [0.05, 0.1) is 24.6 Å². The van der Waals surface area contributed by atoms with E-state index in [0.29, 0.717) is 19.0 Å². The van der Waals surface area contributed by atoms with Gasteiger partial charge in [0.15, 0.2) is 6.10 Å². The minimum Gasteiger partial charge on any atom is -0.479 e. The highest BCUT2D eigenvalue weighted by molar-refractivity contribution is 5.97. The first-order chi connectivity index (χ1) is 13.7. The van der Waals surface area contributed by atoms with E-state index in [1.54, 1.807) is 13.1 Å². The molecule has 28 heavy (non-hydrogen) atoms. The van der Waals surface area contributed by atoms with Crippen molar-refractivity contribution in [2.75, 3.05) is 36.5 Å². The Labute approximate surface area is 164 Å². The monoisotopic (exact) mass is 377 g/mol. The van der Waals surface area contributed by atoms with Crippen LogP contribution in [0.3, 0.4) is 0 Å². The highest BCUT2D eigenvalue weighted by Gasteiger charge is 2.20. The van der Waals surface area contributed by atoms with E-state index < -0.39 is 6.10 Å². The number of benzene rings is 2. The van der Waals surface area contributed by atoms with E-state index >= 15 is 0 Å². The van der Waals surface area contributed by atoms with Crippen molar-refractivity contribution in [1.82, 2.24) is 4.98 Å². The molecule has 2 heterocycles. The van der Waals surface area contributed by atoms with Crippen molar-refractivity contribution in [2.24, 2.45) is 0 Å². The number of para-hydroxylation sites is 3. The molecule has 1 saturated heterocycles. The van der Waals surface area contributed by atoms with Crippen LogP contribution < -0.4 is 15.0 Å². The zero-order chi connectivity index (χ0) is 19.3. The third-order valence-corrected chi connectivity index (χ3v) is 4.78. The van der Waals surface area contributed by atoms with Crippen LogP contribution in [-0.4, -0.2) is 43.3 Å². The molecule has 1 aliphatic rings. The molecule has 0 saturated carbocycles. The maximum atomic E-state index is 12.8. The lowest BCUT2D eigenvalue weighted by Crippen LogP contribution is -2.37. The lowest BCUT2D eigenvalue weighted by Gasteiger charge is -2.30. The fourth-order valence-corrected chi connectivity index (χ4v) is 3.31. The van der Waals surface area contributed by atoms with E-state index in [1.807, 2.05) is 54.6 Å². The molecule has 1 aromatic heterocycles. The molecule has 1 atom stereocenters. The van der Waals surface area contributed by atoms with Crippen LogP contribution in [0.4, 0.5) is 11.4 Å². The molecule has 0 aliphatic carbocycles. The summed E-state index contributed by atoms with van der Waals surface area (Å²) in [6.07, 6.45) is 1.06. The first-order valence-electron chi connectivity index (χ1n) is 9.45. The summed E-state index contributed by atoms with van der Waals surface area (Å²) in [4.78, 5) is 19.4. The third kappa shape index (κ3) is 3.92. The Morgan fingerprint density at radius 3 is 2.75 bits per heavy atom. The number of amides is 1. The summed E-state index contributed by atoms with van der Waals surface area (Å²) >= 11 is 0. The molecule has 1 aliphatic heterocycles. The molecule has 1 N–H and O–H groups in total. The average Bonchev–Trinajstić information content (AvgIpc) is 2.75. The molecule has 1 unspecified atom stereocenters. The lowest BCUT2D eigenvalue weighted by atomic mass is 10.2. The number of nitrogens with zero attached hydrogens (tertiary/aromatic N) is 2. The van der Waals surface area contributed by atoms with Gasteiger partial charge in [0.2, 0.25) is 0 Å². The van der Waals surface area contributed by atoms with Gasteiger partial charge in [0, 0.05) is 24.7 Å². The van der Waals surface area contributed by atoms with Gasteiger partial charge in [-0.1, -0.05) is 30.3 Å². The van der Waals surface area contributed by atoms with Crippen molar-refractivity contribution < 1.29 is 14.3 Å². The number of nitrogens with one attached hydrogen (secondary N) is 1. The van der Waals surface area contributed by atoms with E-state index in [0.717, 1.165) is 35.4 Å². The number of pyridine rings is 1. The Morgan fingerprint density at radius 1 is 1.11 bits per heavy atom. The molecule has 0 bridgehead atoms. The van der Waals surface area contributed by atoms with E-state index in [-0.39, 0.29) is 5.91 Å². The maximum absolute atomic E-state index is 12.8. The summed E-state index contributed by atoms with van der Waals surface area (Å²) in [5.74, 6) is 0.399. The predicted octanol–water partition coefficient (Wildman–Crippen LogP) is 3.48. The molecule has 144 valence electrons. The molecular weight excluding hydrogens is 354 g/mol. The van der Waals surface area contributed by atoms with Gasteiger partial charge in [0.25, 0.3) is 5.91 Å². The van der Waals surface area contributed by atoms with Crippen LogP contribution >= 0.6 is 0 Å². The zero-order valence-electron chi connectivity index (χ0n) is 15.8. The summed E-state index contributed by atoms with van der Waals surface area (Å²) in [6, 6.07) is 17.4. The Morgan fingerprint density at radius 2 is 1.89 bits per heavy atom. The first-order valence-corrected chi connectivity index (χ1v) is 9.45. The van der Waals surface area contributed by atoms with Gasteiger partial charge < -0.3 is 19.7 Å². The number of rotatable bonds is 5. The SMILES string of the molecule is CC(Oc1cccc2cccnc12)C(=O)Nc1ccccc1N1CCOCC1. The van der Waals surface area contributed by atoms with Gasteiger partial charge in [-0.25, -0.2) is 0 Å². The molecule has 6 nitrogen and oxygen atoms in total. The second kappa shape index (κ2) is 8.27. The number of morpholine rings is 1. The second-order valence-corrected chi connectivity index (χ2v) is 6.70. The first kappa shape index (κ1) is 18.3. The number of carbonyl (C=O) groups excluding carboxylic acids is 1. The third-order valence-electron chi connectivity index (χ3n) is 4.78. The normalized spacial score (nSPS) is 15.2. The molecular formula is C22H23N3O3. The molecule has 6 heteroatoms. The molecule has 4 rings (SSSR count). The smallest absolute Gasteiger partial charge is 0.265 e. The number of ether oxygens (including phenoxy) is 2. The molecule has 1 amide bonds. The summed E-state index contributed by atoms with van der Waals surface area (Å²) < 4.78 is 11.4. The fourth-order valence-electron chi connectivity index (χ4n) is 3.31. The summed E-state index contributed by atoms with van der Waals surface area (Å²) in [6.45, 7) is 4.74. The van der Waals surface area contributed by atoms with Crippen molar-refractivity contribution in [3.63, 3.8) is 0 Å². The molecule has 0 radical (unpaired) electrons. The summed E-state index contributed by atoms with van der Waals surface area (Å²) in [5, 5.41) is 3.99. The number of anilines is 2. The largest absolute Gasteiger partial charge is 0.479 e. The van der Waals surface area contributed by atoms with E-state index in [1.165, 1.54) is 0 Å². The van der Waals surface area contributed by atoms with Crippen molar-refractivity contribution >= 4 is 28.2 Å². The quantitative estimate of drug-likeness (QED) is 0.738. The van der Waals surface area contributed by atoms with E-state index in [2.05, 4.69) is 15.2 Å². The van der Waals surface area contributed by atoms with Crippen LogP contribution in [0.25, 0.3) is 10.9 Å². The Hall–Kier alpha value is -3.12. The Balaban J connectivity index is 1.49. The van der Waals surface area contributed by atoms with Crippen LogP contribution in [0.2, 0.25) is 0 Å². The fraction of sp³-hybridized carbons (Fsp3) is 0.273. The van der Waals surface area contributed by atoms with Gasteiger partial charge in [-0.05, 0) is 31.2 Å². The number of carbonyl (C=O) groups is 1. The topological polar surface area (TPSA) is 63.7 Å². The predicted molar refractivity (Wildman–Crippen MR) is 110 cm³/mol. The minimum atomic E-state index is -0.662. The molecule has 2 aromatic carbocycles. The number of hydrogen-bond donors (Lipinski definition) is 1. The Bertz CT molecular complexity index is 965. The molecule has 0 spiro atoms. The number of hydrogen-bond acceptors (Lipinski definition) is 5. The zero-order valence-corrected chi connectivity index (χ0v) is 15.8. The lowest BCUT2D eigenvalue weighted by molar-refractivity contribution is -0.122. The van der Waals surface area contributed by atoms with Crippen LogP contribution in [0.5, 0.6) is 5.75 Å². The molecule has 3 aromatic rings. The maximum Gasteiger partial charge on any atom is 0.265 e. The van der Waals surface area contributed by atoms with Gasteiger partial charge in [-0.15, -0.1) is 0 Å². The van der Waals surface area contributed by atoms with Gasteiger partial charge in [-0.2, -0.15) is 0 Å². The minimum absolute atomic E-state index is 0.200. The summed E-state index contributed by atoms with van der Waals surface area (Å²) in [5.41, 5.74) is 2.53. The van der Waals surface area contributed by atoms with Gasteiger partial charge >= 0.3 is 0 Å². The van der Waals surface area contributed by atoms with Crippen molar-refractivity contribution in [3.05, 3.63) is 60.8 Å². The highest BCUT2D eigenvalue weighted by Crippen LogP contribution is 2.27. The van der Waals surface area contributed by atoms with Crippen LogP contribution in [-0.2, 0) is 9.53 Å². The Kier molecular flexibility index (Phi) is 5.39. The van der Waals surface area contributed by atoms with Crippen molar-refractivity contribution in [3.8, 4) is 5.75 Å². The standard InChI is InChI=1S/C22H23N3O3/c1-16(28-20-10-4-6-17-7-5-11-23-21(17)20)22(26)24-18-8-2-3-9-19(18)25-12-14-27-15-13-25/h2-11,16H,12-15H2,1H3,(H,24,26). The van der Waals surface area contributed by atoms with Crippen LogP contribution in [0, 0.1) is 0 Å². The molecule has 1 fully saturated rings. The average molecular weight is 377 g/mol. The second-order valence-electron chi connectivity index (χ2n) is 6.70. The van der Waals surface area contributed by atoms with Crippen molar-refractivity contribution in [2.45, 2.75) is 13.0 Å². The summed E-state index contributed by atoms with van der Waals surface area (Å²) in [7, 11) is 0. The van der Waals surface area contributed by atoms with E-state index in [4.69, 9.17) is 9.47 Å². The van der Waals surface area contributed by atoms with E-state index in [9.17, 15) is 4.79 Å². The van der Waals surface area contributed by atoms with Crippen LogP contribution in [0.1, 0.15) is 6.92 Å².